The van der Waals surface area contributed by atoms with Gasteiger partial charge in [0.25, 0.3) is 0 Å². The van der Waals surface area contributed by atoms with Gasteiger partial charge in [0, 0.05) is 6.54 Å². The minimum Gasteiger partial charge on any atom is -0.492 e. The number of para-hydroxylation sites is 1. The van der Waals surface area contributed by atoms with E-state index in [4.69, 9.17) is 4.74 Å². The van der Waals surface area contributed by atoms with Crippen LogP contribution in [0.3, 0.4) is 0 Å². The molecule has 108 valence electrons. The molecule has 0 bridgehead atoms. The summed E-state index contributed by atoms with van der Waals surface area (Å²) in [6.07, 6.45) is 3.98. The molecule has 0 atom stereocenters. The fourth-order valence-electron chi connectivity index (χ4n) is 1.72. The highest BCUT2D eigenvalue weighted by atomic mass is 35.5. The Morgan fingerprint density at radius 2 is 2.00 bits per heavy atom. The Morgan fingerprint density at radius 1 is 1.26 bits per heavy atom. The SMILES string of the molecule is C=CCc1ccccc1OCCNCCC(C)C.Cl. The molecular weight excluding hydrogens is 258 g/mol. The zero-order valence-corrected chi connectivity index (χ0v) is 12.8. The van der Waals surface area contributed by atoms with E-state index < -0.39 is 0 Å². The fraction of sp³-hybridized carbons (Fsp3) is 0.500. The molecule has 0 saturated heterocycles. The third-order valence-corrected chi connectivity index (χ3v) is 2.77. The molecule has 0 heterocycles. The first-order valence-electron chi connectivity index (χ1n) is 6.76. The molecular formula is C16H26ClNO. The molecule has 1 aromatic rings. The molecule has 1 rings (SSSR count). The molecule has 0 aromatic heterocycles. The molecule has 0 saturated carbocycles. The van der Waals surface area contributed by atoms with Crippen molar-refractivity contribution in [2.75, 3.05) is 19.7 Å². The number of ether oxygens (including phenoxy) is 1. The van der Waals surface area contributed by atoms with Crippen LogP contribution < -0.4 is 10.1 Å². The number of hydrogen-bond acceptors (Lipinski definition) is 2. The van der Waals surface area contributed by atoms with Gasteiger partial charge in [-0.25, -0.2) is 0 Å². The summed E-state index contributed by atoms with van der Waals surface area (Å²) in [6, 6.07) is 8.15. The normalized spacial score (nSPS) is 10.1. The summed E-state index contributed by atoms with van der Waals surface area (Å²) < 4.78 is 5.79. The van der Waals surface area contributed by atoms with Crippen molar-refractivity contribution in [3.63, 3.8) is 0 Å². The fourth-order valence-corrected chi connectivity index (χ4v) is 1.72. The molecule has 1 aromatic carbocycles. The molecule has 2 nitrogen and oxygen atoms in total. The largest absolute Gasteiger partial charge is 0.492 e. The first-order chi connectivity index (χ1) is 8.74. The Balaban J connectivity index is 0.00000324. The summed E-state index contributed by atoms with van der Waals surface area (Å²) in [7, 11) is 0. The quantitative estimate of drug-likeness (QED) is 0.549. The van der Waals surface area contributed by atoms with Gasteiger partial charge in [-0.3, -0.25) is 0 Å². The number of halogens is 1. The van der Waals surface area contributed by atoms with Crippen LogP contribution in [-0.4, -0.2) is 19.7 Å². The van der Waals surface area contributed by atoms with E-state index in [1.165, 1.54) is 12.0 Å². The zero-order valence-electron chi connectivity index (χ0n) is 12.0. The van der Waals surface area contributed by atoms with E-state index in [0.29, 0.717) is 6.61 Å². The maximum Gasteiger partial charge on any atom is 0.122 e. The average molecular weight is 284 g/mol. The van der Waals surface area contributed by atoms with E-state index in [0.717, 1.165) is 31.2 Å². The lowest BCUT2D eigenvalue weighted by Crippen LogP contribution is -2.23. The monoisotopic (exact) mass is 283 g/mol. The molecule has 0 aliphatic rings. The lowest BCUT2D eigenvalue weighted by Gasteiger charge is -2.11. The highest BCUT2D eigenvalue weighted by Crippen LogP contribution is 2.18. The van der Waals surface area contributed by atoms with Crippen LogP contribution in [0.2, 0.25) is 0 Å². The Bertz CT molecular complexity index is 352. The van der Waals surface area contributed by atoms with Gasteiger partial charge in [-0.15, -0.1) is 19.0 Å². The van der Waals surface area contributed by atoms with Crippen LogP contribution in [0.5, 0.6) is 5.75 Å². The van der Waals surface area contributed by atoms with E-state index in [2.05, 4.69) is 31.8 Å². The molecule has 0 spiro atoms. The van der Waals surface area contributed by atoms with Gasteiger partial charge in [0.05, 0.1) is 0 Å². The second-order valence-corrected chi connectivity index (χ2v) is 4.88. The molecule has 1 N–H and O–H groups in total. The molecule has 0 fully saturated rings. The molecule has 0 aliphatic heterocycles. The third kappa shape index (κ3) is 7.91. The topological polar surface area (TPSA) is 21.3 Å². The maximum atomic E-state index is 5.79. The Hall–Kier alpha value is -0.990. The van der Waals surface area contributed by atoms with Crippen molar-refractivity contribution in [2.24, 2.45) is 5.92 Å². The summed E-state index contributed by atoms with van der Waals surface area (Å²) in [6.45, 7) is 10.9. The van der Waals surface area contributed by atoms with Gasteiger partial charge in [0.15, 0.2) is 0 Å². The number of rotatable bonds is 9. The van der Waals surface area contributed by atoms with Crippen LogP contribution in [0, 0.1) is 5.92 Å². The Labute approximate surface area is 123 Å². The molecule has 0 aliphatic carbocycles. The van der Waals surface area contributed by atoms with Crippen LogP contribution in [0.1, 0.15) is 25.8 Å². The lowest BCUT2D eigenvalue weighted by molar-refractivity contribution is 0.310. The lowest BCUT2D eigenvalue weighted by atomic mass is 10.1. The molecule has 0 unspecified atom stereocenters. The minimum absolute atomic E-state index is 0. The Kier molecular flexibility index (Phi) is 10.3. The van der Waals surface area contributed by atoms with Gasteiger partial charge in [0.2, 0.25) is 0 Å². The molecule has 3 heteroatoms. The van der Waals surface area contributed by atoms with Crippen molar-refractivity contribution in [1.29, 1.82) is 0 Å². The van der Waals surface area contributed by atoms with Crippen LogP contribution in [0.4, 0.5) is 0 Å². The first kappa shape index (κ1) is 18.0. The molecule has 19 heavy (non-hydrogen) atoms. The van der Waals surface area contributed by atoms with E-state index in [1.807, 2.05) is 24.3 Å². The summed E-state index contributed by atoms with van der Waals surface area (Å²) in [5, 5.41) is 3.39. The van der Waals surface area contributed by atoms with Gasteiger partial charge in [-0.1, -0.05) is 38.1 Å². The first-order valence-corrected chi connectivity index (χ1v) is 6.76. The highest BCUT2D eigenvalue weighted by molar-refractivity contribution is 5.85. The van der Waals surface area contributed by atoms with Gasteiger partial charge in [0.1, 0.15) is 12.4 Å². The van der Waals surface area contributed by atoms with Crippen LogP contribution in [0.15, 0.2) is 36.9 Å². The van der Waals surface area contributed by atoms with E-state index >= 15 is 0 Å². The second kappa shape index (κ2) is 10.9. The Morgan fingerprint density at radius 3 is 2.68 bits per heavy atom. The smallest absolute Gasteiger partial charge is 0.122 e. The van der Waals surface area contributed by atoms with Crippen molar-refractivity contribution < 1.29 is 4.74 Å². The van der Waals surface area contributed by atoms with E-state index in [-0.39, 0.29) is 12.4 Å². The van der Waals surface area contributed by atoms with Crippen molar-refractivity contribution in [3.05, 3.63) is 42.5 Å². The third-order valence-electron chi connectivity index (χ3n) is 2.77. The summed E-state index contributed by atoms with van der Waals surface area (Å²) in [4.78, 5) is 0. The molecule has 0 radical (unpaired) electrons. The van der Waals surface area contributed by atoms with Crippen molar-refractivity contribution in [1.82, 2.24) is 5.32 Å². The average Bonchev–Trinajstić information content (AvgIpc) is 2.35. The molecule has 0 amide bonds. The zero-order chi connectivity index (χ0) is 13.2. The number of hydrogen-bond donors (Lipinski definition) is 1. The number of nitrogens with one attached hydrogen (secondary N) is 1. The standard InChI is InChI=1S/C16H25NO.ClH/c1-4-7-15-8-5-6-9-16(15)18-13-12-17-11-10-14(2)3;/h4-6,8-9,14,17H,1,7,10-13H2,2-3H3;1H. The summed E-state index contributed by atoms with van der Waals surface area (Å²) >= 11 is 0. The number of allylic oxidation sites excluding steroid dienone is 1. The summed E-state index contributed by atoms with van der Waals surface area (Å²) in [5.74, 6) is 1.73. The van der Waals surface area contributed by atoms with Gasteiger partial charge in [-0.05, 0) is 36.9 Å². The van der Waals surface area contributed by atoms with Crippen molar-refractivity contribution in [2.45, 2.75) is 26.7 Å². The predicted molar refractivity (Wildman–Crippen MR) is 85.4 cm³/mol. The van der Waals surface area contributed by atoms with Crippen LogP contribution in [-0.2, 0) is 6.42 Å². The maximum absolute atomic E-state index is 5.79. The number of benzene rings is 1. The predicted octanol–water partition coefficient (Wildman–Crippen LogP) is 3.85. The van der Waals surface area contributed by atoms with Gasteiger partial charge in [-0.2, -0.15) is 0 Å². The van der Waals surface area contributed by atoms with Crippen molar-refractivity contribution >= 4 is 12.4 Å². The van der Waals surface area contributed by atoms with Crippen LogP contribution in [0.25, 0.3) is 0 Å². The minimum atomic E-state index is 0. The highest BCUT2D eigenvalue weighted by Gasteiger charge is 2.00. The van der Waals surface area contributed by atoms with Crippen molar-refractivity contribution in [3.8, 4) is 5.75 Å². The van der Waals surface area contributed by atoms with E-state index in [1.54, 1.807) is 0 Å². The van der Waals surface area contributed by atoms with Gasteiger partial charge >= 0.3 is 0 Å². The summed E-state index contributed by atoms with van der Waals surface area (Å²) in [5.41, 5.74) is 1.20. The van der Waals surface area contributed by atoms with Crippen LogP contribution >= 0.6 is 12.4 Å². The second-order valence-electron chi connectivity index (χ2n) is 4.88. The van der Waals surface area contributed by atoms with Gasteiger partial charge < -0.3 is 10.1 Å². The van der Waals surface area contributed by atoms with E-state index in [9.17, 15) is 0 Å².